The van der Waals surface area contributed by atoms with Crippen LogP contribution in [0.1, 0.15) is 22.3 Å². The molecule has 0 unspecified atom stereocenters. The predicted octanol–water partition coefficient (Wildman–Crippen LogP) is 2.22. The van der Waals surface area contributed by atoms with E-state index in [2.05, 4.69) is 4.90 Å². The van der Waals surface area contributed by atoms with Gasteiger partial charge in [0.25, 0.3) is 5.91 Å². The molecule has 0 aromatic heterocycles. The van der Waals surface area contributed by atoms with Crippen LogP contribution in [0.5, 0.6) is 0 Å². The third kappa shape index (κ3) is 4.70. The Labute approximate surface area is 131 Å². The number of amides is 1. The SMILES string of the molecule is COCCN1CCCN(C(=O)c2cccc(CCl)c2)CC1. The van der Waals surface area contributed by atoms with Crippen molar-refractivity contribution in [3.63, 3.8) is 0 Å². The second-order valence-corrected chi connectivity index (χ2v) is 5.58. The van der Waals surface area contributed by atoms with Gasteiger partial charge in [-0.05, 0) is 30.7 Å². The van der Waals surface area contributed by atoms with Gasteiger partial charge < -0.3 is 9.64 Å². The van der Waals surface area contributed by atoms with Crippen molar-refractivity contribution < 1.29 is 9.53 Å². The van der Waals surface area contributed by atoms with Gasteiger partial charge in [-0.1, -0.05) is 12.1 Å². The number of nitrogens with zero attached hydrogens (tertiary/aromatic N) is 2. The monoisotopic (exact) mass is 310 g/mol. The molecule has 116 valence electrons. The number of carbonyl (C=O) groups is 1. The van der Waals surface area contributed by atoms with Gasteiger partial charge >= 0.3 is 0 Å². The molecule has 1 amide bonds. The van der Waals surface area contributed by atoms with Crippen LogP contribution >= 0.6 is 11.6 Å². The molecule has 4 nitrogen and oxygen atoms in total. The Hall–Kier alpha value is -1.10. The second kappa shape index (κ2) is 8.37. The highest BCUT2D eigenvalue weighted by Crippen LogP contribution is 2.12. The molecule has 5 heteroatoms. The minimum absolute atomic E-state index is 0.107. The first-order chi connectivity index (χ1) is 10.2. The lowest BCUT2D eigenvalue weighted by Crippen LogP contribution is -2.36. The number of hydrogen-bond donors (Lipinski definition) is 0. The Morgan fingerprint density at radius 3 is 2.90 bits per heavy atom. The van der Waals surface area contributed by atoms with Crippen molar-refractivity contribution in [1.82, 2.24) is 9.80 Å². The lowest BCUT2D eigenvalue weighted by Gasteiger charge is -2.22. The third-order valence-corrected chi connectivity index (χ3v) is 4.12. The predicted molar refractivity (Wildman–Crippen MR) is 84.8 cm³/mol. The molecule has 1 aromatic carbocycles. The summed E-state index contributed by atoms with van der Waals surface area (Å²) < 4.78 is 5.12. The van der Waals surface area contributed by atoms with Crippen molar-refractivity contribution in [2.75, 3.05) is 46.4 Å². The molecule has 1 heterocycles. The zero-order valence-electron chi connectivity index (χ0n) is 12.6. The highest BCUT2D eigenvalue weighted by molar-refractivity contribution is 6.17. The zero-order chi connectivity index (χ0) is 15.1. The molecule has 0 bridgehead atoms. The number of alkyl halides is 1. The average molecular weight is 311 g/mol. The van der Waals surface area contributed by atoms with E-state index in [1.54, 1.807) is 7.11 Å². The summed E-state index contributed by atoms with van der Waals surface area (Å²) in [4.78, 5) is 16.9. The van der Waals surface area contributed by atoms with Crippen LogP contribution in [0, 0.1) is 0 Å². The van der Waals surface area contributed by atoms with E-state index in [1.807, 2.05) is 29.2 Å². The Bertz CT molecular complexity index is 467. The summed E-state index contributed by atoms with van der Waals surface area (Å²) in [6, 6.07) is 7.60. The number of halogens is 1. The van der Waals surface area contributed by atoms with E-state index in [4.69, 9.17) is 16.3 Å². The number of hydrogen-bond acceptors (Lipinski definition) is 3. The molecule has 21 heavy (non-hydrogen) atoms. The van der Waals surface area contributed by atoms with Crippen LogP contribution < -0.4 is 0 Å². The molecule has 1 fully saturated rings. The highest BCUT2D eigenvalue weighted by atomic mass is 35.5. The first kappa shape index (κ1) is 16.3. The topological polar surface area (TPSA) is 32.8 Å². The third-order valence-electron chi connectivity index (χ3n) is 3.82. The molecule has 0 atom stereocenters. The number of benzene rings is 1. The van der Waals surface area contributed by atoms with Crippen LogP contribution in [-0.4, -0.2) is 62.1 Å². The van der Waals surface area contributed by atoms with Crippen molar-refractivity contribution in [3.05, 3.63) is 35.4 Å². The van der Waals surface area contributed by atoms with Gasteiger partial charge in [-0.15, -0.1) is 11.6 Å². The standard InChI is InChI=1S/C16H23ClN2O2/c1-21-11-10-18-6-3-7-19(9-8-18)16(20)15-5-2-4-14(12-15)13-17/h2,4-5,12H,3,6-11,13H2,1H3. The van der Waals surface area contributed by atoms with Gasteiger partial charge in [-0.25, -0.2) is 0 Å². The Morgan fingerprint density at radius 2 is 2.14 bits per heavy atom. The summed E-state index contributed by atoms with van der Waals surface area (Å²) in [5.41, 5.74) is 1.72. The van der Waals surface area contributed by atoms with E-state index in [-0.39, 0.29) is 5.91 Å². The Balaban J connectivity index is 1.96. The average Bonchev–Trinajstić information content (AvgIpc) is 2.78. The minimum Gasteiger partial charge on any atom is -0.383 e. The van der Waals surface area contributed by atoms with Crippen molar-refractivity contribution in [1.29, 1.82) is 0 Å². The largest absolute Gasteiger partial charge is 0.383 e. The molecule has 1 aliphatic heterocycles. The van der Waals surface area contributed by atoms with Crippen molar-refractivity contribution in [2.45, 2.75) is 12.3 Å². The van der Waals surface area contributed by atoms with Crippen molar-refractivity contribution in [3.8, 4) is 0 Å². The van der Waals surface area contributed by atoms with E-state index in [0.717, 1.165) is 56.9 Å². The summed E-state index contributed by atoms with van der Waals surface area (Å²) in [6.45, 7) is 5.19. The van der Waals surface area contributed by atoms with Gasteiger partial charge in [-0.2, -0.15) is 0 Å². The van der Waals surface area contributed by atoms with E-state index in [1.165, 1.54) is 0 Å². The van der Waals surface area contributed by atoms with E-state index in [9.17, 15) is 4.79 Å². The zero-order valence-corrected chi connectivity index (χ0v) is 13.3. The fourth-order valence-electron chi connectivity index (χ4n) is 2.59. The number of carbonyl (C=O) groups excluding carboxylic acids is 1. The molecule has 0 N–H and O–H groups in total. The van der Waals surface area contributed by atoms with Gasteiger partial charge in [0.2, 0.25) is 0 Å². The molecule has 1 aromatic rings. The first-order valence-corrected chi connectivity index (χ1v) is 7.93. The van der Waals surface area contributed by atoms with E-state index >= 15 is 0 Å². The minimum atomic E-state index is 0.107. The van der Waals surface area contributed by atoms with Crippen LogP contribution in [0.25, 0.3) is 0 Å². The molecule has 1 saturated heterocycles. The number of ether oxygens (including phenoxy) is 1. The normalized spacial score (nSPS) is 16.8. The van der Waals surface area contributed by atoms with E-state index < -0.39 is 0 Å². The Morgan fingerprint density at radius 1 is 1.29 bits per heavy atom. The number of methoxy groups -OCH3 is 1. The van der Waals surface area contributed by atoms with Crippen LogP contribution in [-0.2, 0) is 10.6 Å². The van der Waals surface area contributed by atoms with Gasteiger partial charge in [0, 0.05) is 44.7 Å². The molecule has 2 rings (SSSR count). The molecule has 0 saturated carbocycles. The fourth-order valence-corrected chi connectivity index (χ4v) is 2.75. The highest BCUT2D eigenvalue weighted by Gasteiger charge is 2.20. The maximum absolute atomic E-state index is 12.6. The van der Waals surface area contributed by atoms with Crippen LogP contribution in [0.2, 0.25) is 0 Å². The van der Waals surface area contributed by atoms with Gasteiger partial charge in [0.1, 0.15) is 0 Å². The van der Waals surface area contributed by atoms with Gasteiger partial charge in [-0.3, -0.25) is 9.69 Å². The summed E-state index contributed by atoms with van der Waals surface area (Å²) in [5, 5.41) is 0. The van der Waals surface area contributed by atoms with Crippen LogP contribution in [0.15, 0.2) is 24.3 Å². The summed E-state index contributed by atoms with van der Waals surface area (Å²) in [6.07, 6.45) is 1.00. The van der Waals surface area contributed by atoms with Gasteiger partial charge in [0.05, 0.1) is 6.61 Å². The lowest BCUT2D eigenvalue weighted by atomic mass is 10.1. The van der Waals surface area contributed by atoms with Crippen molar-refractivity contribution >= 4 is 17.5 Å². The molecule has 0 radical (unpaired) electrons. The number of rotatable bonds is 5. The maximum Gasteiger partial charge on any atom is 0.253 e. The molecular formula is C16H23ClN2O2. The molecular weight excluding hydrogens is 288 g/mol. The smallest absolute Gasteiger partial charge is 0.253 e. The van der Waals surface area contributed by atoms with Gasteiger partial charge in [0.15, 0.2) is 0 Å². The fraction of sp³-hybridized carbons (Fsp3) is 0.562. The van der Waals surface area contributed by atoms with E-state index in [0.29, 0.717) is 5.88 Å². The summed E-state index contributed by atoms with van der Waals surface area (Å²) in [5.74, 6) is 0.543. The summed E-state index contributed by atoms with van der Waals surface area (Å²) in [7, 11) is 1.72. The quantitative estimate of drug-likeness (QED) is 0.782. The van der Waals surface area contributed by atoms with Crippen molar-refractivity contribution in [2.24, 2.45) is 0 Å². The molecule has 1 aliphatic rings. The Kier molecular flexibility index (Phi) is 6.49. The maximum atomic E-state index is 12.6. The summed E-state index contributed by atoms with van der Waals surface area (Å²) >= 11 is 5.84. The molecule has 0 aliphatic carbocycles. The second-order valence-electron chi connectivity index (χ2n) is 5.31. The first-order valence-electron chi connectivity index (χ1n) is 7.40. The van der Waals surface area contributed by atoms with Crippen LogP contribution in [0.3, 0.4) is 0 Å². The van der Waals surface area contributed by atoms with Crippen LogP contribution in [0.4, 0.5) is 0 Å². The molecule has 0 spiro atoms. The lowest BCUT2D eigenvalue weighted by molar-refractivity contribution is 0.0759.